The molecule has 1 aliphatic heterocycles. The molecule has 1 aliphatic rings. The minimum atomic E-state index is -0.919. The number of aliphatic hydroxyl groups excluding tert-OH is 1. The van der Waals surface area contributed by atoms with Crippen LogP contribution in [0.25, 0.3) is 0 Å². The van der Waals surface area contributed by atoms with Crippen molar-refractivity contribution in [1.29, 1.82) is 0 Å². The molecule has 3 atom stereocenters. The molecule has 2 rings (SSSR count). The number of rotatable bonds is 5. The molecule has 0 aromatic heterocycles. The molecule has 0 aliphatic carbocycles. The Morgan fingerprint density at radius 1 is 1.35 bits per heavy atom. The molecule has 1 fully saturated rings. The van der Waals surface area contributed by atoms with Crippen LogP contribution in [0.3, 0.4) is 0 Å². The second-order valence-corrected chi connectivity index (χ2v) is 5.51. The molecule has 126 valence electrons. The maximum atomic E-state index is 12.0. The molecule has 1 amide bonds. The normalized spacial score (nSPS) is 23.7. The summed E-state index contributed by atoms with van der Waals surface area (Å²) in [6, 6.07) is 6.94. The van der Waals surface area contributed by atoms with Crippen molar-refractivity contribution in [2.45, 2.75) is 31.6 Å². The van der Waals surface area contributed by atoms with Gasteiger partial charge in [-0.15, -0.1) is 0 Å². The highest BCUT2D eigenvalue weighted by Crippen LogP contribution is 2.26. The number of carbonyl (C=O) groups excluding carboxylic acids is 2. The highest BCUT2D eigenvalue weighted by molar-refractivity contribution is 5.79. The SMILES string of the molecule is COc1ccc(C[C@@H]2[C@H](OC(C)=O)[C@@H](O)CN2C(=O)CN)cc1. The third kappa shape index (κ3) is 4.00. The zero-order chi connectivity index (χ0) is 17.0. The zero-order valence-corrected chi connectivity index (χ0v) is 13.3. The van der Waals surface area contributed by atoms with Gasteiger partial charge in [0, 0.05) is 6.92 Å². The Hall–Kier alpha value is -2.12. The van der Waals surface area contributed by atoms with E-state index in [1.54, 1.807) is 7.11 Å². The average Bonchev–Trinajstić information content (AvgIpc) is 2.83. The van der Waals surface area contributed by atoms with Crippen molar-refractivity contribution in [3.63, 3.8) is 0 Å². The van der Waals surface area contributed by atoms with Gasteiger partial charge in [-0.25, -0.2) is 0 Å². The first kappa shape index (κ1) is 17.2. The molecule has 0 unspecified atom stereocenters. The number of nitrogens with zero attached hydrogens (tertiary/aromatic N) is 1. The second kappa shape index (κ2) is 7.43. The van der Waals surface area contributed by atoms with Gasteiger partial charge in [-0.3, -0.25) is 9.59 Å². The predicted molar refractivity (Wildman–Crippen MR) is 82.8 cm³/mol. The third-order valence-corrected chi connectivity index (χ3v) is 3.94. The van der Waals surface area contributed by atoms with Crippen LogP contribution < -0.4 is 10.5 Å². The lowest BCUT2D eigenvalue weighted by Gasteiger charge is -2.27. The van der Waals surface area contributed by atoms with Crippen LogP contribution in [0, 0.1) is 0 Å². The van der Waals surface area contributed by atoms with Crippen LogP contribution >= 0.6 is 0 Å². The number of β-amino-alcohol motifs (C(OH)–C–C–N with tert-alkyl or cyclic N) is 1. The molecule has 7 heteroatoms. The van der Waals surface area contributed by atoms with Crippen molar-refractivity contribution >= 4 is 11.9 Å². The molecule has 0 saturated carbocycles. The Bertz CT molecular complexity index is 560. The maximum absolute atomic E-state index is 12.0. The summed E-state index contributed by atoms with van der Waals surface area (Å²) >= 11 is 0. The van der Waals surface area contributed by atoms with E-state index < -0.39 is 24.2 Å². The van der Waals surface area contributed by atoms with E-state index in [9.17, 15) is 14.7 Å². The number of aliphatic hydroxyl groups is 1. The third-order valence-electron chi connectivity index (χ3n) is 3.94. The molecule has 0 radical (unpaired) electrons. The molecule has 23 heavy (non-hydrogen) atoms. The fourth-order valence-corrected chi connectivity index (χ4v) is 2.86. The van der Waals surface area contributed by atoms with Gasteiger partial charge in [0.2, 0.25) is 5.91 Å². The summed E-state index contributed by atoms with van der Waals surface area (Å²) < 4.78 is 10.3. The molecule has 1 saturated heterocycles. The number of ether oxygens (including phenoxy) is 2. The van der Waals surface area contributed by atoms with Gasteiger partial charge in [0.15, 0.2) is 0 Å². The summed E-state index contributed by atoms with van der Waals surface area (Å²) in [5.74, 6) is -0.0420. The Morgan fingerprint density at radius 2 is 2.00 bits per heavy atom. The van der Waals surface area contributed by atoms with Gasteiger partial charge in [-0.2, -0.15) is 0 Å². The van der Waals surface area contributed by atoms with E-state index in [0.717, 1.165) is 11.3 Å². The van der Waals surface area contributed by atoms with Crippen molar-refractivity contribution in [2.75, 3.05) is 20.2 Å². The zero-order valence-electron chi connectivity index (χ0n) is 13.3. The molecular formula is C16H22N2O5. The van der Waals surface area contributed by atoms with E-state index in [0.29, 0.717) is 6.42 Å². The number of likely N-dealkylation sites (tertiary alicyclic amines) is 1. The summed E-state index contributed by atoms with van der Waals surface area (Å²) in [7, 11) is 1.58. The molecule has 0 bridgehead atoms. The average molecular weight is 322 g/mol. The Kier molecular flexibility index (Phi) is 5.57. The number of amides is 1. The quantitative estimate of drug-likeness (QED) is 0.722. The maximum Gasteiger partial charge on any atom is 0.303 e. The van der Waals surface area contributed by atoms with Crippen LogP contribution in [-0.4, -0.2) is 60.3 Å². The van der Waals surface area contributed by atoms with Crippen LogP contribution in [0.4, 0.5) is 0 Å². The number of benzene rings is 1. The molecule has 3 N–H and O–H groups in total. The molecule has 1 aromatic carbocycles. The number of carbonyl (C=O) groups is 2. The van der Waals surface area contributed by atoms with Gasteiger partial charge < -0.3 is 25.2 Å². The minimum absolute atomic E-state index is 0.106. The van der Waals surface area contributed by atoms with Crippen LogP contribution in [0.1, 0.15) is 12.5 Å². The number of nitrogens with two attached hydrogens (primary N) is 1. The number of methoxy groups -OCH3 is 1. The number of hydrogen-bond acceptors (Lipinski definition) is 6. The second-order valence-electron chi connectivity index (χ2n) is 5.51. The molecule has 1 heterocycles. The highest BCUT2D eigenvalue weighted by Gasteiger charge is 2.44. The van der Waals surface area contributed by atoms with Crippen molar-refractivity contribution < 1.29 is 24.2 Å². The first-order chi connectivity index (χ1) is 11.0. The van der Waals surface area contributed by atoms with E-state index in [4.69, 9.17) is 15.2 Å². The van der Waals surface area contributed by atoms with E-state index in [1.165, 1.54) is 11.8 Å². The Morgan fingerprint density at radius 3 is 2.52 bits per heavy atom. The van der Waals surface area contributed by atoms with Crippen molar-refractivity contribution in [1.82, 2.24) is 4.90 Å². The van der Waals surface area contributed by atoms with Crippen molar-refractivity contribution in [2.24, 2.45) is 5.73 Å². The van der Waals surface area contributed by atoms with Gasteiger partial charge >= 0.3 is 5.97 Å². The van der Waals surface area contributed by atoms with Crippen LogP contribution in [0.15, 0.2) is 24.3 Å². The fourth-order valence-electron chi connectivity index (χ4n) is 2.86. The standard InChI is InChI=1S/C16H22N2O5/c1-10(19)23-16-13(18(9-14(16)20)15(21)8-17)7-11-3-5-12(22-2)6-4-11/h3-6,13-14,16,20H,7-9,17H2,1-2H3/t13-,14+,16+/m1/s1. The van der Waals surface area contributed by atoms with Gasteiger partial charge in [-0.05, 0) is 24.1 Å². The number of esters is 1. The molecule has 1 aromatic rings. The minimum Gasteiger partial charge on any atom is -0.497 e. The van der Waals surface area contributed by atoms with E-state index in [1.807, 2.05) is 24.3 Å². The van der Waals surface area contributed by atoms with E-state index >= 15 is 0 Å². The van der Waals surface area contributed by atoms with Gasteiger partial charge in [0.25, 0.3) is 0 Å². The van der Waals surface area contributed by atoms with Gasteiger partial charge in [-0.1, -0.05) is 12.1 Å². The summed E-state index contributed by atoms with van der Waals surface area (Å²) in [6.45, 7) is 1.23. The Balaban J connectivity index is 2.22. The van der Waals surface area contributed by atoms with Gasteiger partial charge in [0.1, 0.15) is 18.0 Å². The first-order valence-electron chi connectivity index (χ1n) is 7.44. The topological polar surface area (TPSA) is 102 Å². The largest absolute Gasteiger partial charge is 0.497 e. The summed E-state index contributed by atoms with van der Waals surface area (Å²) in [5.41, 5.74) is 6.38. The van der Waals surface area contributed by atoms with Crippen LogP contribution in [-0.2, 0) is 20.7 Å². The van der Waals surface area contributed by atoms with Crippen LogP contribution in [0.2, 0.25) is 0 Å². The monoisotopic (exact) mass is 322 g/mol. The fraction of sp³-hybridized carbons (Fsp3) is 0.500. The highest BCUT2D eigenvalue weighted by atomic mass is 16.6. The lowest BCUT2D eigenvalue weighted by molar-refractivity contribution is -0.152. The lowest BCUT2D eigenvalue weighted by atomic mass is 10.0. The molecule has 7 nitrogen and oxygen atoms in total. The lowest BCUT2D eigenvalue weighted by Crippen LogP contribution is -2.45. The Labute approximate surface area is 135 Å². The summed E-state index contributed by atoms with van der Waals surface area (Å²) in [6.07, 6.45) is -1.23. The first-order valence-corrected chi connectivity index (χ1v) is 7.44. The molecule has 0 spiro atoms. The molecular weight excluding hydrogens is 300 g/mol. The van der Waals surface area contributed by atoms with Crippen molar-refractivity contribution in [3.05, 3.63) is 29.8 Å². The van der Waals surface area contributed by atoms with Gasteiger partial charge in [0.05, 0.1) is 26.2 Å². The summed E-state index contributed by atoms with van der Waals surface area (Å²) in [5, 5.41) is 10.2. The summed E-state index contributed by atoms with van der Waals surface area (Å²) in [4.78, 5) is 24.8. The number of hydrogen-bond donors (Lipinski definition) is 2. The van der Waals surface area contributed by atoms with E-state index in [2.05, 4.69) is 0 Å². The van der Waals surface area contributed by atoms with E-state index in [-0.39, 0.29) is 19.0 Å². The predicted octanol–water partition coefficient (Wildman–Crippen LogP) is -0.300. The van der Waals surface area contributed by atoms with Crippen LogP contribution in [0.5, 0.6) is 5.75 Å². The smallest absolute Gasteiger partial charge is 0.303 e. The van der Waals surface area contributed by atoms with Crippen molar-refractivity contribution in [3.8, 4) is 5.75 Å².